The number of piperidine rings is 1. The van der Waals surface area contributed by atoms with Gasteiger partial charge in [0.25, 0.3) is 0 Å². The summed E-state index contributed by atoms with van der Waals surface area (Å²) in [5, 5.41) is 3.28. The van der Waals surface area contributed by atoms with E-state index in [0.29, 0.717) is 12.3 Å². The Labute approximate surface area is 111 Å². The maximum Gasteiger partial charge on any atom is 0.223 e. The van der Waals surface area contributed by atoms with E-state index in [-0.39, 0.29) is 0 Å². The average Bonchev–Trinajstić information content (AvgIpc) is 2.41. The molecule has 18 heavy (non-hydrogen) atoms. The molecule has 4 heteroatoms. The Kier molecular flexibility index (Phi) is 5.01. The van der Waals surface area contributed by atoms with E-state index >= 15 is 0 Å². The van der Waals surface area contributed by atoms with Crippen LogP contribution in [0.1, 0.15) is 26.7 Å². The third-order valence-electron chi connectivity index (χ3n) is 4.53. The number of likely N-dealkylation sites (tertiary alicyclic amines) is 1. The minimum Gasteiger partial charge on any atom is -0.340 e. The molecular weight excluding hydrogens is 226 g/mol. The summed E-state index contributed by atoms with van der Waals surface area (Å²) >= 11 is 0. The van der Waals surface area contributed by atoms with E-state index in [1.54, 1.807) is 0 Å². The maximum atomic E-state index is 12.1. The van der Waals surface area contributed by atoms with Crippen molar-refractivity contribution in [3.05, 3.63) is 0 Å². The molecule has 2 atom stereocenters. The molecule has 0 aliphatic carbocycles. The van der Waals surface area contributed by atoms with E-state index < -0.39 is 0 Å². The van der Waals surface area contributed by atoms with Gasteiger partial charge in [0.05, 0.1) is 0 Å². The van der Waals surface area contributed by atoms with E-state index in [0.717, 1.165) is 51.1 Å². The molecule has 104 valence electrons. The monoisotopic (exact) mass is 253 g/mol. The van der Waals surface area contributed by atoms with Crippen LogP contribution in [-0.4, -0.2) is 61.5 Å². The average molecular weight is 253 g/mol. The van der Waals surface area contributed by atoms with Crippen LogP contribution in [0.3, 0.4) is 0 Å². The quantitative estimate of drug-likeness (QED) is 0.807. The van der Waals surface area contributed by atoms with E-state index in [1.165, 1.54) is 13.0 Å². The fourth-order valence-electron chi connectivity index (χ4n) is 2.88. The third-order valence-corrected chi connectivity index (χ3v) is 4.53. The van der Waals surface area contributed by atoms with Crippen LogP contribution in [0.15, 0.2) is 0 Å². The second-order valence-electron chi connectivity index (χ2n) is 5.92. The first kappa shape index (κ1) is 13.8. The minimum atomic E-state index is 0.336. The Hall–Kier alpha value is -0.610. The largest absolute Gasteiger partial charge is 0.340 e. The van der Waals surface area contributed by atoms with Crippen molar-refractivity contribution in [3.63, 3.8) is 0 Å². The zero-order valence-corrected chi connectivity index (χ0v) is 11.8. The lowest BCUT2D eigenvalue weighted by Crippen LogP contribution is -2.47. The van der Waals surface area contributed by atoms with Crippen LogP contribution < -0.4 is 5.32 Å². The third kappa shape index (κ3) is 3.69. The molecule has 0 aromatic heterocycles. The van der Waals surface area contributed by atoms with Gasteiger partial charge in [0.1, 0.15) is 0 Å². The van der Waals surface area contributed by atoms with Gasteiger partial charge in [0.15, 0.2) is 0 Å². The standard InChI is InChI=1S/C14H27N3O/c1-12-3-7-16(11-13(12)2)8-4-14(18)17-9-5-15-6-10-17/h12-13,15H,3-11H2,1-2H3. The van der Waals surface area contributed by atoms with Crippen molar-refractivity contribution in [2.24, 2.45) is 11.8 Å². The second-order valence-corrected chi connectivity index (χ2v) is 5.92. The molecule has 4 nitrogen and oxygen atoms in total. The number of amides is 1. The highest BCUT2D eigenvalue weighted by molar-refractivity contribution is 5.76. The van der Waals surface area contributed by atoms with Crippen molar-refractivity contribution in [3.8, 4) is 0 Å². The first-order valence-electron chi connectivity index (χ1n) is 7.37. The highest BCUT2D eigenvalue weighted by atomic mass is 16.2. The molecule has 0 bridgehead atoms. The molecule has 2 unspecified atom stereocenters. The van der Waals surface area contributed by atoms with Crippen molar-refractivity contribution in [1.29, 1.82) is 0 Å². The second kappa shape index (κ2) is 6.53. The Balaban J connectivity index is 1.69. The van der Waals surface area contributed by atoms with Crippen molar-refractivity contribution >= 4 is 5.91 Å². The summed E-state index contributed by atoms with van der Waals surface area (Å²) in [4.78, 5) is 16.5. The Bertz CT molecular complexity index is 276. The Morgan fingerprint density at radius 3 is 2.56 bits per heavy atom. The summed E-state index contributed by atoms with van der Waals surface area (Å²) in [5.74, 6) is 1.95. The summed E-state index contributed by atoms with van der Waals surface area (Å²) < 4.78 is 0. The number of hydrogen-bond acceptors (Lipinski definition) is 3. The fourth-order valence-corrected chi connectivity index (χ4v) is 2.88. The SMILES string of the molecule is CC1CCN(CCC(=O)N2CCNCC2)CC1C. The lowest BCUT2D eigenvalue weighted by atomic mass is 9.88. The van der Waals surface area contributed by atoms with Crippen LogP contribution in [0.2, 0.25) is 0 Å². The van der Waals surface area contributed by atoms with Gasteiger partial charge in [-0.1, -0.05) is 13.8 Å². The number of nitrogens with zero attached hydrogens (tertiary/aromatic N) is 2. The predicted molar refractivity (Wildman–Crippen MR) is 73.5 cm³/mol. The van der Waals surface area contributed by atoms with Crippen molar-refractivity contribution in [1.82, 2.24) is 15.1 Å². The molecule has 2 rings (SSSR count). The van der Waals surface area contributed by atoms with Crippen LogP contribution in [0, 0.1) is 11.8 Å². The number of rotatable bonds is 3. The predicted octanol–water partition coefficient (Wildman–Crippen LogP) is 0.786. The normalized spacial score (nSPS) is 30.4. The molecule has 2 saturated heterocycles. The Morgan fingerprint density at radius 2 is 1.89 bits per heavy atom. The summed E-state index contributed by atoms with van der Waals surface area (Å²) in [6.07, 6.45) is 1.98. The minimum absolute atomic E-state index is 0.336. The first-order valence-corrected chi connectivity index (χ1v) is 7.37. The molecule has 0 aromatic rings. The summed E-state index contributed by atoms with van der Waals surface area (Å²) in [6, 6.07) is 0. The molecule has 2 aliphatic heterocycles. The fraction of sp³-hybridized carbons (Fsp3) is 0.929. The summed E-state index contributed by atoms with van der Waals surface area (Å²) in [5.41, 5.74) is 0. The molecule has 1 amide bonds. The molecule has 0 aromatic carbocycles. The van der Waals surface area contributed by atoms with Gasteiger partial charge in [-0.3, -0.25) is 4.79 Å². The lowest BCUT2D eigenvalue weighted by Gasteiger charge is -2.35. The number of carbonyl (C=O) groups excluding carboxylic acids is 1. The van der Waals surface area contributed by atoms with Crippen LogP contribution in [-0.2, 0) is 4.79 Å². The van der Waals surface area contributed by atoms with E-state index in [9.17, 15) is 4.79 Å². The molecule has 2 aliphatic rings. The van der Waals surface area contributed by atoms with Gasteiger partial charge >= 0.3 is 0 Å². The van der Waals surface area contributed by atoms with E-state index in [1.807, 2.05) is 4.90 Å². The van der Waals surface area contributed by atoms with Crippen LogP contribution in [0.25, 0.3) is 0 Å². The molecule has 1 N–H and O–H groups in total. The Morgan fingerprint density at radius 1 is 1.17 bits per heavy atom. The molecule has 0 radical (unpaired) electrons. The molecule has 2 fully saturated rings. The number of hydrogen-bond donors (Lipinski definition) is 1. The number of carbonyl (C=O) groups is 1. The smallest absolute Gasteiger partial charge is 0.223 e. The molecular formula is C14H27N3O. The van der Waals surface area contributed by atoms with E-state index in [4.69, 9.17) is 0 Å². The number of piperazine rings is 1. The van der Waals surface area contributed by atoms with Crippen LogP contribution >= 0.6 is 0 Å². The highest BCUT2D eigenvalue weighted by Crippen LogP contribution is 2.22. The van der Waals surface area contributed by atoms with Crippen LogP contribution in [0.5, 0.6) is 0 Å². The van der Waals surface area contributed by atoms with Gasteiger partial charge in [0.2, 0.25) is 5.91 Å². The summed E-state index contributed by atoms with van der Waals surface area (Å²) in [7, 11) is 0. The zero-order valence-electron chi connectivity index (χ0n) is 11.8. The van der Waals surface area contributed by atoms with Gasteiger partial charge in [-0.25, -0.2) is 0 Å². The zero-order chi connectivity index (χ0) is 13.0. The lowest BCUT2D eigenvalue weighted by molar-refractivity contribution is -0.132. The van der Waals surface area contributed by atoms with Gasteiger partial charge in [-0.2, -0.15) is 0 Å². The maximum absolute atomic E-state index is 12.1. The molecule has 0 saturated carbocycles. The summed E-state index contributed by atoms with van der Waals surface area (Å²) in [6.45, 7) is 11.6. The van der Waals surface area contributed by atoms with Gasteiger partial charge < -0.3 is 15.1 Å². The van der Waals surface area contributed by atoms with Crippen molar-refractivity contribution < 1.29 is 4.79 Å². The van der Waals surface area contributed by atoms with Crippen LogP contribution in [0.4, 0.5) is 0 Å². The van der Waals surface area contributed by atoms with Gasteiger partial charge in [-0.15, -0.1) is 0 Å². The topological polar surface area (TPSA) is 35.6 Å². The van der Waals surface area contributed by atoms with E-state index in [2.05, 4.69) is 24.1 Å². The highest BCUT2D eigenvalue weighted by Gasteiger charge is 2.23. The number of nitrogens with one attached hydrogen (secondary N) is 1. The van der Waals surface area contributed by atoms with Crippen molar-refractivity contribution in [2.75, 3.05) is 45.8 Å². The van der Waals surface area contributed by atoms with Crippen molar-refractivity contribution in [2.45, 2.75) is 26.7 Å². The van der Waals surface area contributed by atoms with Gasteiger partial charge in [-0.05, 0) is 24.8 Å². The van der Waals surface area contributed by atoms with Gasteiger partial charge in [0, 0.05) is 45.7 Å². The molecule has 2 heterocycles. The molecule has 0 spiro atoms. The first-order chi connectivity index (χ1) is 8.66.